The van der Waals surface area contributed by atoms with Gasteiger partial charge in [-0.05, 0) is 0 Å². The van der Waals surface area contributed by atoms with E-state index < -0.39 is 15.2 Å². The second-order valence-corrected chi connectivity index (χ2v) is 6.04. The van der Waals surface area contributed by atoms with Crippen molar-refractivity contribution in [3.8, 4) is 0 Å². The molecule has 0 saturated carbocycles. The van der Waals surface area contributed by atoms with E-state index in [1.54, 1.807) is 11.6 Å². The van der Waals surface area contributed by atoms with Crippen LogP contribution < -0.4 is 0 Å². The van der Waals surface area contributed by atoms with Crippen molar-refractivity contribution < 1.29 is 8.42 Å². The molecule has 0 atom stereocenters. The number of nitrogens with zero attached hydrogens (tertiary/aromatic N) is 2. The summed E-state index contributed by atoms with van der Waals surface area (Å²) in [7, 11) is -1.82. The highest BCUT2D eigenvalue weighted by atomic mass is 35.5. The van der Waals surface area contributed by atoms with Gasteiger partial charge in [-0.3, -0.25) is 0 Å². The van der Waals surface area contributed by atoms with Gasteiger partial charge in [-0.15, -0.1) is 22.9 Å². The monoisotopic (exact) mass is 240 g/mol. The predicted molar refractivity (Wildman–Crippen MR) is 53.2 cm³/mol. The quantitative estimate of drug-likeness (QED) is 0.741. The van der Waals surface area contributed by atoms with Gasteiger partial charge in [-0.2, -0.15) is 4.31 Å². The molecule has 0 radical (unpaired) electrons. The number of halogens is 1. The first-order valence-electron chi connectivity index (χ1n) is 3.44. The summed E-state index contributed by atoms with van der Waals surface area (Å²) >= 11 is 6.70. The van der Waals surface area contributed by atoms with Gasteiger partial charge in [0, 0.05) is 18.6 Å². The van der Waals surface area contributed by atoms with Crippen molar-refractivity contribution in [3.05, 3.63) is 16.6 Å². The van der Waals surface area contributed by atoms with Crippen LogP contribution in [0.15, 0.2) is 11.6 Å². The molecule has 74 valence electrons. The SMILES string of the molecule is CN(Cc1nccs1)S(=O)(=O)CCl. The maximum Gasteiger partial charge on any atom is 0.228 e. The summed E-state index contributed by atoms with van der Waals surface area (Å²) in [5, 5.41) is 2.17. The lowest BCUT2D eigenvalue weighted by atomic mass is 10.7. The maximum atomic E-state index is 11.2. The van der Waals surface area contributed by atoms with Crippen molar-refractivity contribution in [1.82, 2.24) is 9.29 Å². The lowest BCUT2D eigenvalue weighted by molar-refractivity contribution is 0.470. The second kappa shape index (κ2) is 4.36. The highest BCUT2D eigenvalue weighted by Gasteiger charge is 2.16. The smallest absolute Gasteiger partial charge is 0.228 e. The zero-order chi connectivity index (χ0) is 9.90. The summed E-state index contributed by atoms with van der Waals surface area (Å²) in [4.78, 5) is 3.97. The van der Waals surface area contributed by atoms with Crippen LogP contribution in [-0.4, -0.2) is 30.0 Å². The first-order chi connectivity index (χ1) is 6.06. The Morgan fingerprint density at radius 3 is 2.85 bits per heavy atom. The topological polar surface area (TPSA) is 50.3 Å². The Kier molecular flexibility index (Phi) is 3.66. The van der Waals surface area contributed by atoms with Crippen LogP contribution >= 0.6 is 22.9 Å². The van der Waals surface area contributed by atoms with Gasteiger partial charge in [0.15, 0.2) is 0 Å². The van der Waals surface area contributed by atoms with Crippen LogP contribution in [0.25, 0.3) is 0 Å². The molecule has 0 spiro atoms. The van der Waals surface area contributed by atoms with Crippen molar-refractivity contribution in [2.75, 3.05) is 12.3 Å². The maximum absolute atomic E-state index is 11.2. The first-order valence-corrected chi connectivity index (χ1v) is 6.47. The molecule has 13 heavy (non-hydrogen) atoms. The molecule has 1 rings (SSSR count). The Morgan fingerprint density at radius 2 is 2.38 bits per heavy atom. The number of hydrogen-bond donors (Lipinski definition) is 0. The lowest BCUT2D eigenvalue weighted by Crippen LogP contribution is -2.27. The summed E-state index contributed by atoms with van der Waals surface area (Å²) in [6.07, 6.45) is 1.64. The molecular formula is C6H9ClN2O2S2. The number of alkyl halides is 1. The predicted octanol–water partition coefficient (Wildman–Crippen LogP) is 1.10. The molecule has 0 saturated heterocycles. The molecule has 0 aliphatic carbocycles. The Balaban J connectivity index is 2.66. The van der Waals surface area contributed by atoms with E-state index in [9.17, 15) is 8.42 Å². The van der Waals surface area contributed by atoms with Crippen LogP contribution in [0.1, 0.15) is 5.01 Å². The number of sulfonamides is 1. The summed E-state index contributed by atoms with van der Waals surface area (Å²) in [5.41, 5.74) is 0. The largest absolute Gasteiger partial charge is 0.248 e. The van der Waals surface area contributed by atoms with Gasteiger partial charge in [-0.1, -0.05) is 0 Å². The summed E-state index contributed by atoms with van der Waals surface area (Å²) in [6.45, 7) is 0.284. The molecule has 0 aliphatic heterocycles. The fraction of sp³-hybridized carbons (Fsp3) is 0.500. The highest BCUT2D eigenvalue weighted by molar-refractivity contribution is 7.90. The minimum atomic E-state index is -3.31. The first kappa shape index (κ1) is 10.9. The van der Waals surface area contributed by atoms with E-state index >= 15 is 0 Å². The van der Waals surface area contributed by atoms with E-state index in [1.807, 2.05) is 0 Å². The highest BCUT2D eigenvalue weighted by Crippen LogP contribution is 2.10. The molecule has 0 amide bonds. The van der Waals surface area contributed by atoms with Crippen molar-refractivity contribution >= 4 is 33.0 Å². The Hall–Kier alpha value is -0.170. The molecule has 0 unspecified atom stereocenters. The van der Waals surface area contributed by atoms with Crippen LogP contribution in [0.3, 0.4) is 0 Å². The van der Waals surface area contributed by atoms with E-state index in [0.29, 0.717) is 0 Å². The minimum Gasteiger partial charge on any atom is -0.248 e. The summed E-state index contributed by atoms with van der Waals surface area (Å²) in [6, 6.07) is 0. The average molecular weight is 241 g/mol. The van der Waals surface area contributed by atoms with Gasteiger partial charge < -0.3 is 0 Å². The van der Waals surface area contributed by atoms with E-state index in [0.717, 1.165) is 5.01 Å². The van der Waals surface area contributed by atoms with Crippen LogP contribution in [0.4, 0.5) is 0 Å². The lowest BCUT2D eigenvalue weighted by Gasteiger charge is -2.12. The second-order valence-electron chi connectivity index (χ2n) is 2.40. The zero-order valence-electron chi connectivity index (χ0n) is 6.97. The molecule has 1 aromatic heterocycles. The molecule has 0 aromatic carbocycles. The van der Waals surface area contributed by atoms with Gasteiger partial charge in [0.05, 0.1) is 6.54 Å². The van der Waals surface area contributed by atoms with Gasteiger partial charge in [-0.25, -0.2) is 13.4 Å². The third-order valence-corrected chi connectivity index (χ3v) is 4.40. The van der Waals surface area contributed by atoms with Gasteiger partial charge in [0.2, 0.25) is 10.0 Å². The third kappa shape index (κ3) is 2.91. The van der Waals surface area contributed by atoms with E-state index in [2.05, 4.69) is 4.98 Å². The molecule has 1 aromatic rings. The van der Waals surface area contributed by atoms with E-state index in [4.69, 9.17) is 11.6 Å². The molecule has 0 bridgehead atoms. The average Bonchev–Trinajstić information content (AvgIpc) is 2.57. The van der Waals surface area contributed by atoms with Crippen LogP contribution in [0, 0.1) is 0 Å². The molecule has 1 heterocycles. The van der Waals surface area contributed by atoms with Crippen molar-refractivity contribution in [3.63, 3.8) is 0 Å². The third-order valence-electron chi connectivity index (χ3n) is 1.45. The number of hydrogen-bond acceptors (Lipinski definition) is 4. The fourth-order valence-electron chi connectivity index (χ4n) is 0.703. The van der Waals surface area contributed by atoms with Crippen molar-refractivity contribution in [2.45, 2.75) is 6.54 Å². The van der Waals surface area contributed by atoms with E-state index in [-0.39, 0.29) is 6.54 Å². The summed E-state index contributed by atoms with van der Waals surface area (Å²) in [5.74, 6) is 0. The van der Waals surface area contributed by atoms with Crippen molar-refractivity contribution in [1.29, 1.82) is 0 Å². The molecular weight excluding hydrogens is 232 g/mol. The minimum absolute atomic E-state index is 0.284. The molecule has 7 heteroatoms. The van der Waals surface area contributed by atoms with Gasteiger partial charge in [0.1, 0.15) is 10.2 Å². The van der Waals surface area contributed by atoms with Crippen LogP contribution in [0.2, 0.25) is 0 Å². The number of rotatable bonds is 4. The Bertz CT molecular complexity index is 349. The molecule has 0 N–H and O–H groups in total. The van der Waals surface area contributed by atoms with E-state index in [1.165, 1.54) is 22.7 Å². The molecule has 4 nitrogen and oxygen atoms in total. The van der Waals surface area contributed by atoms with Gasteiger partial charge in [0.25, 0.3) is 0 Å². The van der Waals surface area contributed by atoms with Crippen molar-refractivity contribution in [2.24, 2.45) is 0 Å². The Morgan fingerprint density at radius 1 is 1.69 bits per heavy atom. The number of thiazole rings is 1. The van der Waals surface area contributed by atoms with Crippen LogP contribution in [-0.2, 0) is 16.6 Å². The molecule has 0 fully saturated rings. The molecule has 0 aliphatic rings. The summed E-state index contributed by atoms with van der Waals surface area (Å²) < 4.78 is 23.6. The standard InChI is InChI=1S/C6H9ClN2O2S2/c1-9(13(10,11)5-7)4-6-8-2-3-12-6/h2-3H,4-5H2,1H3. The fourth-order valence-corrected chi connectivity index (χ4v) is 2.44. The number of aromatic nitrogens is 1. The van der Waals surface area contributed by atoms with Gasteiger partial charge >= 0.3 is 0 Å². The Labute approximate surface area is 86.2 Å². The van der Waals surface area contributed by atoms with Crippen LogP contribution in [0.5, 0.6) is 0 Å². The normalized spacial score (nSPS) is 12.2. The zero-order valence-corrected chi connectivity index (χ0v) is 9.36.